The van der Waals surface area contributed by atoms with Crippen LogP contribution >= 0.6 is 0 Å². The normalized spacial score (nSPS) is 17.8. The SMILES string of the molecule is Cc1ccc(/C(O)=C2/C(=O)C(=O)N(c3ccc(OC(F)(F)F)cc3)C2c2ccncc2)cc1C. The van der Waals surface area contributed by atoms with E-state index >= 15 is 0 Å². The zero-order chi connectivity index (χ0) is 24.6. The first-order valence-corrected chi connectivity index (χ1v) is 10.2. The van der Waals surface area contributed by atoms with Gasteiger partial charge in [0.15, 0.2) is 0 Å². The molecule has 1 atom stereocenters. The predicted molar refractivity (Wildman–Crippen MR) is 118 cm³/mol. The van der Waals surface area contributed by atoms with Crippen molar-refractivity contribution in [3.8, 4) is 5.75 Å². The number of Topliss-reactive ketones (excluding diaryl/α,β-unsaturated/α-hetero) is 1. The average molecular weight is 468 g/mol. The van der Waals surface area contributed by atoms with Crippen molar-refractivity contribution in [3.63, 3.8) is 0 Å². The summed E-state index contributed by atoms with van der Waals surface area (Å²) in [5.41, 5.74) is 2.78. The maximum Gasteiger partial charge on any atom is 0.573 e. The number of benzene rings is 2. The Bertz CT molecular complexity index is 1290. The number of alkyl halides is 3. The second-order valence-electron chi connectivity index (χ2n) is 7.79. The highest BCUT2D eigenvalue weighted by Gasteiger charge is 2.47. The monoisotopic (exact) mass is 468 g/mol. The van der Waals surface area contributed by atoms with Gasteiger partial charge < -0.3 is 9.84 Å². The smallest absolute Gasteiger partial charge is 0.507 e. The zero-order valence-corrected chi connectivity index (χ0v) is 18.1. The zero-order valence-electron chi connectivity index (χ0n) is 18.1. The summed E-state index contributed by atoms with van der Waals surface area (Å²) in [5, 5.41) is 11.1. The minimum atomic E-state index is -4.87. The molecule has 174 valence electrons. The van der Waals surface area contributed by atoms with Crippen molar-refractivity contribution in [1.82, 2.24) is 4.98 Å². The third kappa shape index (κ3) is 4.36. The molecule has 0 radical (unpaired) electrons. The highest BCUT2D eigenvalue weighted by atomic mass is 19.4. The molecule has 1 unspecified atom stereocenters. The lowest BCUT2D eigenvalue weighted by Crippen LogP contribution is -2.29. The van der Waals surface area contributed by atoms with Crippen LogP contribution in [-0.4, -0.2) is 28.1 Å². The second kappa shape index (κ2) is 8.66. The molecule has 4 rings (SSSR count). The topological polar surface area (TPSA) is 79.7 Å². The van der Waals surface area contributed by atoms with Crippen LogP contribution in [0.1, 0.15) is 28.3 Å². The number of rotatable bonds is 4. The molecule has 1 aliphatic heterocycles. The van der Waals surface area contributed by atoms with Crippen LogP contribution in [0.15, 0.2) is 72.6 Å². The molecule has 6 nitrogen and oxygen atoms in total. The number of carbonyl (C=O) groups is 2. The van der Waals surface area contributed by atoms with E-state index in [9.17, 15) is 27.9 Å². The summed E-state index contributed by atoms with van der Waals surface area (Å²) >= 11 is 0. The number of carbonyl (C=O) groups excluding carboxylic acids is 2. The van der Waals surface area contributed by atoms with Gasteiger partial charge in [0.25, 0.3) is 11.7 Å². The van der Waals surface area contributed by atoms with Gasteiger partial charge in [0.05, 0.1) is 11.6 Å². The molecule has 0 saturated carbocycles. The van der Waals surface area contributed by atoms with E-state index in [2.05, 4.69) is 9.72 Å². The number of aliphatic hydroxyl groups excluding tert-OH is 1. The number of amides is 1. The molecule has 1 fully saturated rings. The van der Waals surface area contributed by atoms with E-state index in [1.807, 2.05) is 13.8 Å². The van der Waals surface area contributed by atoms with Crippen molar-refractivity contribution in [3.05, 3.63) is 94.8 Å². The first-order valence-electron chi connectivity index (χ1n) is 10.2. The fourth-order valence-electron chi connectivity index (χ4n) is 3.81. The van der Waals surface area contributed by atoms with Crippen LogP contribution in [-0.2, 0) is 9.59 Å². The van der Waals surface area contributed by atoms with Gasteiger partial charge in [-0.05, 0) is 73.0 Å². The van der Waals surface area contributed by atoms with Gasteiger partial charge in [-0.2, -0.15) is 0 Å². The molecular weight excluding hydrogens is 449 g/mol. The minimum Gasteiger partial charge on any atom is -0.507 e. The van der Waals surface area contributed by atoms with Gasteiger partial charge in [0, 0.05) is 23.6 Å². The first kappa shape index (κ1) is 23.0. The van der Waals surface area contributed by atoms with Gasteiger partial charge >= 0.3 is 6.36 Å². The van der Waals surface area contributed by atoms with Crippen molar-refractivity contribution in [2.24, 2.45) is 0 Å². The lowest BCUT2D eigenvalue weighted by atomic mass is 9.94. The molecule has 3 aromatic rings. The molecule has 9 heteroatoms. The van der Waals surface area contributed by atoms with E-state index in [-0.39, 0.29) is 17.0 Å². The standard InChI is InChI=1S/C25H19F3N2O4/c1-14-3-4-17(13-15(14)2)22(31)20-21(16-9-11-29-12-10-16)30(24(33)23(20)32)18-5-7-19(8-6-18)34-25(26,27)28/h3-13,21,31H,1-2H3/b22-20-. The Kier molecular flexibility index (Phi) is 5.87. The van der Waals surface area contributed by atoms with E-state index in [0.717, 1.165) is 28.2 Å². The lowest BCUT2D eigenvalue weighted by molar-refractivity contribution is -0.274. The van der Waals surface area contributed by atoms with Gasteiger partial charge in [-0.15, -0.1) is 13.2 Å². The Balaban J connectivity index is 1.85. The summed E-state index contributed by atoms with van der Waals surface area (Å²) in [4.78, 5) is 31.3. The molecule has 1 amide bonds. The fourth-order valence-corrected chi connectivity index (χ4v) is 3.81. The maximum atomic E-state index is 13.1. The molecule has 1 saturated heterocycles. The van der Waals surface area contributed by atoms with Gasteiger partial charge in [-0.25, -0.2) is 0 Å². The lowest BCUT2D eigenvalue weighted by Gasteiger charge is -2.25. The number of ether oxygens (including phenoxy) is 1. The van der Waals surface area contributed by atoms with E-state index in [0.29, 0.717) is 11.1 Å². The molecule has 1 aromatic heterocycles. The third-order valence-corrected chi connectivity index (χ3v) is 5.60. The second-order valence-corrected chi connectivity index (χ2v) is 7.79. The Labute approximate surface area is 192 Å². The van der Waals surface area contributed by atoms with E-state index in [4.69, 9.17) is 0 Å². The largest absolute Gasteiger partial charge is 0.573 e. The minimum absolute atomic E-state index is 0.130. The Morgan fingerprint density at radius 2 is 1.62 bits per heavy atom. The first-order chi connectivity index (χ1) is 16.1. The summed E-state index contributed by atoms with van der Waals surface area (Å²) in [6.07, 6.45) is -1.91. The van der Waals surface area contributed by atoms with Crippen molar-refractivity contribution in [2.45, 2.75) is 26.3 Å². The van der Waals surface area contributed by atoms with Gasteiger partial charge in [-0.1, -0.05) is 12.1 Å². The van der Waals surface area contributed by atoms with Gasteiger partial charge in [0.1, 0.15) is 11.5 Å². The van der Waals surface area contributed by atoms with E-state index in [1.165, 1.54) is 24.5 Å². The van der Waals surface area contributed by atoms with Gasteiger partial charge in [-0.3, -0.25) is 19.5 Å². The van der Waals surface area contributed by atoms with Crippen LogP contribution in [0.25, 0.3) is 5.76 Å². The third-order valence-electron chi connectivity index (χ3n) is 5.60. The van der Waals surface area contributed by atoms with Crippen LogP contribution in [0.3, 0.4) is 0 Å². The average Bonchev–Trinajstić information content (AvgIpc) is 3.06. The summed E-state index contributed by atoms with van der Waals surface area (Å²) in [6.45, 7) is 3.76. The summed E-state index contributed by atoms with van der Waals surface area (Å²) in [7, 11) is 0. The maximum absolute atomic E-state index is 13.1. The number of hydrogen-bond acceptors (Lipinski definition) is 5. The Morgan fingerprint density at radius 3 is 2.21 bits per heavy atom. The summed E-state index contributed by atoms with van der Waals surface area (Å²) < 4.78 is 41.5. The molecule has 1 aliphatic rings. The number of ketones is 1. The fraction of sp³-hybridized carbons (Fsp3) is 0.160. The Hall–Kier alpha value is -4.14. The number of halogens is 3. The molecule has 2 heterocycles. The van der Waals surface area contributed by atoms with Crippen molar-refractivity contribution >= 4 is 23.1 Å². The van der Waals surface area contributed by atoms with E-state index in [1.54, 1.807) is 30.3 Å². The number of hydrogen-bond donors (Lipinski definition) is 1. The van der Waals surface area contributed by atoms with Crippen LogP contribution in [0.4, 0.5) is 18.9 Å². The highest BCUT2D eigenvalue weighted by molar-refractivity contribution is 6.51. The number of aliphatic hydroxyl groups is 1. The van der Waals surface area contributed by atoms with Crippen molar-refractivity contribution in [2.75, 3.05) is 4.90 Å². The number of nitrogens with zero attached hydrogens (tertiary/aromatic N) is 2. The van der Waals surface area contributed by atoms with Crippen LogP contribution in [0.2, 0.25) is 0 Å². The van der Waals surface area contributed by atoms with Crippen molar-refractivity contribution < 1.29 is 32.6 Å². The molecule has 2 aromatic carbocycles. The molecule has 34 heavy (non-hydrogen) atoms. The quantitative estimate of drug-likeness (QED) is 0.323. The number of pyridine rings is 1. The molecule has 0 spiro atoms. The molecular formula is C25H19F3N2O4. The molecule has 0 bridgehead atoms. The van der Waals surface area contributed by atoms with E-state index < -0.39 is 29.8 Å². The van der Waals surface area contributed by atoms with Crippen LogP contribution < -0.4 is 9.64 Å². The summed E-state index contributed by atoms with van der Waals surface area (Å²) in [5.74, 6) is -2.64. The molecule has 0 aliphatic carbocycles. The van der Waals surface area contributed by atoms with Crippen LogP contribution in [0.5, 0.6) is 5.75 Å². The number of aromatic nitrogens is 1. The summed E-state index contributed by atoms with van der Waals surface area (Å²) in [6, 6.07) is 11.9. The number of aryl methyl sites for hydroxylation is 2. The van der Waals surface area contributed by atoms with Crippen molar-refractivity contribution in [1.29, 1.82) is 0 Å². The predicted octanol–water partition coefficient (Wildman–Crippen LogP) is 5.22. The number of anilines is 1. The molecule has 1 N–H and O–H groups in total. The highest BCUT2D eigenvalue weighted by Crippen LogP contribution is 2.42. The van der Waals surface area contributed by atoms with Crippen LogP contribution in [0, 0.1) is 13.8 Å². The Morgan fingerprint density at radius 1 is 0.971 bits per heavy atom. The van der Waals surface area contributed by atoms with Gasteiger partial charge in [0.2, 0.25) is 0 Å².